The van der Waals surface area contributed by atoms with Gasteiger partial charge >= 0.3 is 0 Å². The number of benzene rings is 2. The molecule has 0 aliphatic carbocycles. The number of imidazole rings is 1. The van der Waals surface area contributed by atoms with Gasteiger partial charge in [0.25, 0.3) is 0 Å². The fraction of sp³-hybridized carbons (Fsp3) is 0.440. The van der Waals surface area contributed by atoms with Crippen molar-refractivity contribution in [3.05, 3.63) is 60.2 Å². The van der Waals surface area contributed by atoms with E-state index in [0.717, 1.165) is 68.1 Å². The average molecular weight is 402 g/mol. The highest BCUT2D eigenvalue weighted by Gasteiger charge is 2.35. The summed E-state index contributed by atoms with van der Waals surface area (Å²) in [7, 11) is 0. The Morgan fingerprint density at radius 3 is 2.40 bits per heavy atom. The predicted molar refractivity (Wildman–Crippen MR) is 123 cm³/mol. The normalized spacial score (nSPS) is 17.2. The van der Waals surface area contributed by atoms with E-state index in [1.165, 1.54) is 0 Å². The fourth-order valence-corrected chi connectivity index (χ4v) is 4.61. The summed E-state index contributed by atoms with van der Waals surface area (Å²) in [6.45, 7) is 9.40. The topological polar surface area (TPSA) is 59.0 Å². The lowest BCUT2D eigenvalue weighted by Crippen LogP contribution is -2.47. The number of hydrogen-bond acceptors (Lipinski definition) is 4. The van der Waals surface area contributed by atoms with Crippen LogP contribution in [0.3, 0.4) is 0 Å². The van der Waals surface area contributed by atoms with Crippen LogP contribution in [0.2, 0.25) is 0 Å². The number of aromatic amines is 1. The summed E-state index contributed by atoms with van der Waals surface area (Å²) in [5.41, 5.74) is 2.86. The minimum absolute atomic E-state index is 0.287. The van der Waals surface area contributed by atoms with E-state index in [-0.39, 0.29) is 5.92 Å². The molecule has 1 saturated heterocycles. The van der Waals surface area contributed by atoms with Crippen molar-refractivity contribution in [1.82, 2.24) is 14.9 Å². The molecule has 156 valence electrons. The van der Waals surface area contributed by atoms with Crippen molar-refractivity contribution >= 4 is 17.0 Å². The van der Waals surface area contributed by atoms with Crippen LogP contribution in [0.4, 0.5) is 5.95 Å². The van der Waals surface area contributed by atoms with E-state index in [4.69, 9.17) is 4.98 Å². The first kappa shape index (κ1) is 20.4. The van der Waals surface area contributed by atoms with Gasteiger partial charge in [0, 0.05) is 26.2 Å². The number of aromatic nitrogens is 2. The molecule has 0 amide bonds. The Morgan fingerprint density at radius 2 is 1.73 bits per heavy atom. The van der Waals surface area contributed by atoms with E-state index in [1.54, 1.807) is 0 Å². The summed E-state index contributed by atoms with van der Waals surface area (Å²) in [4.78, 5) is 13.0. The largest absolute Gasteiger partial charge is 0.340 e. The van der Waals surface area contributed by atoms with Crippen LogP contribution in [0, 0.1) is 17.2 Å². The number of rotatable bonds is 7. The third-order valence-corrected chi connectivity index (χ3v) is 6.57. The molecule has 1 N–H and O–H groups in total. The number of para-hydroxylation sites is 2. The SMILES string of the molecule is CC(C)C(C#N)(CCCN1CCN(c2nc3ccccc3[nH]2)CC1)c1ccccc1. The minimum Gasteiger partial charge on any atom is -0.340 e. The van der Waals surface area contributed by atoms with Gasteiger partial charge in [-0.3, -0.25) is 4.90 Å². The van der Waals surface area contributed by atoms with Crippen LogP contribution < -0.4 is 4.90 Å². The van der Waals surface area contributed by atoms with Crippen molar-refractivity contribution in [3.8, 4) is 6.07 Å². The monoisotopic (exact) mass is 401 g/mol. The minimum atomic E-state index is -0.405. The lowest BCUT2D eigenvalue weighted by atomic mass is 9.70. The molecule has 1 fully saturated rings. The zero-order valence-electron chi connectivity index (χ0n) is 18.0. The first-order valence-electron chi connectivity index (χ1n) is 11.0. The number of hydrogen-bond donors (Lipinski definition) is 1. The van der Waals surface area contributed by atoms with E-state index in [2.05, 4.69) is 59.0 Å². The first-order valence-corrected chi connectivity index (χ1v) is 11.0. The summed E-state index contributed by atoms with van der Waals surface area (Å²) >= 11 is 0. The van der Waals surface area contributed by atoms with Gasteiger partial charge in [-0.15, -0.1) is 0 Å². The molecule has 0 bridgehead atoms. The number of H-pyrrole nitrogens is 1. The van der Waals surface area contributed by atoms with Gasteiger partial charge in [0.15, 0.2) is 0 Å². The van der Waals surface area contributed by atoms with E-state index in [1.807, 2.05) is 30.3 Å². The molecule has 1 unspecified atom stereocenters. The van der Waals surface area contributed by atoms with Gasteiger partial charge in [0.2, 0.25) is 5.95 Å². The van der Waals surface area contributed by atoms with Crippen LogP contribution in [-0.4, -0.2) is 47.6 Å². The predicted octanol–water partition coefficient (Wildman–Crippen LogP) is 4.58. The second kappa shape index (κ2) is 8.89. The van der Waals surface area contributed by atoms with Gasteiger partial charge in [0.05, 0.1) is 22.5 Å². The summed E-state index contributed by atoms with van der Waals surface area (Å²) in [5, 5.41) is 10.1. The van der Waals surface area contributed by atoms with Gasteiger partial charge in [-0.2, -0.15) is 5.26 Å². The Morgan fingerprint density at radius 1 is 1.03 bits per heavy atom. The van der Waals surface area contributed by atoms with E-state index in [9.17, 15) is 5.26 Å². The van der Waals surface area contributed by atoms with E-state index in [0.29, 0.717) is 0 Å². The molecule has 5 heteroatoms. The van der Waals surface area contributed by atoms with Crippen LogP contribution in [0.5, 0.6) is 0 Å². The Labute approximate surface area is 179 Å². The summed E-state index contributed by atoms with van der Waals surface area (Å²) in [6.07, 6.45) is 1.93. The zero-order chi connectivity index (χ0) is 21.0. The van der Waals surface area contributed by atoms with Crippen LogP contribution in [0.25, 0.3) is 11.0 Å². The third kappa shape index (κ3) is 4.06. The van der Waals surface area contributed by atoms with Crippen molar-refractivity contribution in [2.24, 2.45) is 5.92 Å². The lowest BCUT2D eigenvalue weighted by Gasteiger charge is -2.36. The van der Waals surface area contributed by atoms with Gasteiger partial charge < -0.3 is 9.88 Å². The first-order chi connectivity index (χ1) is 14.6. The number of anilines is 1. The van der Waals surface area contributed by atoms with E-state index < -0.39 is 5.41 Å². The van der Waals surface area contributed by atoms with Crippen LogP contribution in [0.1, 0.15) is 32.3 Å². The molecular formula is C25H31N5. The highest BCUT2D eigenvalue weighted by atomic mass is 15.3. The van der Waals surface area contributed by atoms with Crippen molar-refractivity contribution in [1.29, 1.82) is 5.26 Å². The van der Waals surface area contributed by atoms with Crippen LogP contribution in [-0.2, 0) is 5.41 Å². The number of nitrogens with one attached hydrogen (secondary N) is 1. The van der Waals surface area contributed by atoms with Gasteiger partial charge in [-0.05, 0) is 43.0 Å². The number of piperazine rings is 1. The molecule has 2 heterocycles. The second-order valence-electron chi connectivity index (χ2n) is 8.61. The molecule has 1 aliphatic rings. The average Bonchev–Trinajstić information content (AvgIpc) is 3.22. The van der Waals surface area contributed by atoms with Gasteiger partial charge in [0.1, 0.15) is 0 Å². The Kier molecular flexibility index (Phi) is 6.06. The number of nitrogens with zero attached hydrogens (tertiary/aromatic N) is 4. The lowest BCUT2D eigenvalue weighted by molar-refractivity contribution is 0.238. The Balaban J connectivity index is 1.32. The van der Waals surface area contributed by atoms with Crippen molar-refractivity contribution in [2.45, 2.75) is 32.1 Å². The molecule has 1 aliphatic heterocycles. The third-order valence-electron chi connectivity index (χ3n) is 6.57. The molecule has 5 nitrogen and oxygen atoms in total. The van der Waals surface area contributed by atoms with Gasteiger partial charge in [-0.1, -0.05) is 56.3 Å². The van der Waals surface area contributed by atoms with Crippen molar-refractivity contribution in [2.75, 3.05) is 37.6 Å². The molecule has 1 aromatic heterocycles. The summed E-state index contributed by atoms with van der Waals surface area (Å²) < 4.78 is 0. The van der Waals surface area contributed by atoms with E-state index >= 15 is 0 Å². The Hall–Kier alpha value is -2.84. The smallest absolute Gasteiger partial charge is 0.203 e. The quantitative estimate of drug-likeness (QED) is 0.629. The molecule has 30 heavy (non-hydrogen) atoms. The fourth-order valence-electron chi connectivity index (χ4n) is 4.61. The molecule has 0 spiro atoms. The van der Waals surface area contributed by atoms with Crippen molar-refractivity contribution in [3.63, 3.8) is 0 Å². The number of nitriles is 1. The zero-order valence-corrected chi connectivity index (χ0v) is 18.0. The second-order valence-corrected chi connectivity index (χ2v) is 8.61. The van der Waals surface area contributed by atoms with Crippen molar-refractivity contribution < 1.29 is 0 Å². The molecule has 4 rings (SSSR count). The molecule has 1 atom stereocenters. The molecule has 0 radical (unpaired) electrons. The maximum absolute atomic E-state index is 10.1. The maximum atomic E-state index is 10.1. The summed E-state index contributed by atoms with van der Waals surface area (Å²) in [6, 6.07) is 21.2. The Bertz CT molecular complexity index is 962. The maximum Gasteiger partial charge on any atom is 0.203 e. The molecule has 0 saturated carbocycles. The summed E-state index contributed by atoms with van der Waals surface area (Å²) in [5.74, 6) is 1.26. The molecular weight excluding hydrogens is 370 g/mol. The highest BCUT2D eigenvalue weighted by Crippen LogP contribution is 2.36. The van der Waals surface area contributed by atoms with Crippen LogP contribution in [0.15, 0.2) is 54.6 Å². The van der Waals surface area contributed by atoms with Crippen LogP contribution >= 0.6 is 0 Å². The highest BCUT2D eigenvalue weighted by molar-refractivity contribution is 5.77. The number of fused-ring (bicyclic) bond motifs is 1. The molecule has 3 aromatic rings. The standard InChI is InChI=1S/C25H31N5/c1-20(2)25(19-26,21-9-4-3-5-10-21)13-8-14-29-15-17-30(18-16-29)24-27-22-11-6-7-12-23(22)28-24/h3-7,9-12,20H,8,13-18H2,1-2H3,(H,27,28). The van der Waals surface area contributed by atoms with Gasteiger partial charge in [-0.25, -0.2) is 4.98 Å². The molecule has 2 aromatic carbocycles.